The maximum Gasteiger partial charge on any atom is 0.221 e. The van der Waals surface area contributed by atoms with E-state index in [1.807, 2.05) is 0 Å². The van der Waals surface area contributed by atoms with Gasteiger partial charge >= 0.3 is 0 Å². The highest BCUT2D eigenvalue weighted by Crippen LogP contribution is 2.50. The second kappa shape index (κ2) is 12.5. The molecule has 0 aromatic carbocycles. The molecule has 0 aromatic rings. The van der Waals surface area contributed by atoms with Gasteiger partial charge in [-0.2, -0.15) is 0 Å². The molecule has 5 fully saturated rings. The third-order valence-electron chi connectivity index (χ3n) is 10.5. The summed E-state index contributed by atoms with van der Waals surface area (Å²) < 4.78 is 16.8. The fourth-order valence-corrected chi connectivity index (χ4v) is 8.10. The number of ketones is 2. The Hall–Kier alpha value is -1.10. The molecule has 0 amide bonds. The number of carbonyl (C=O) groups is 2. The fourth-order valence-electron chi connectivity index (χ4n) is 8.10. The van der Waals surface area contributed by atoms with Crippen molar-refractivity contribution in [3.63, 3.8) is 0 Å². The van der Waals surface area contributed by atoms with Crippen LogP contribution in [0.2, 0.25) is 0 Å². The smallest absolute Gasteiger partial charge is 0.221 e. The Morgan fingerprint density at radius 1 is 0.951 bits per heavy atom. The molecule has 0 spiro atoms. The molecule has 0 bridgehead atoms. The Morgan fingerprint density at radius 3 is 2.32 bits per heavy atom. The summed E-state index contributed by atoms with van der Waals surface area (Å²) >= 11 is 0. The third kappa shape index (κ3) is 6.01. The number of hydrogen-bond acceptors (Lipinski definition) is 12. The van der Waals surface area contributed by atoms with Crippen LogP contribution in [-0.4, -0.2) is 117 Å². The van der Waals surface area contributed by atoms with Crippen LogP contribution >= 0.6 is 0 Å². The number of methoxy groups -OCH3 is 1. The van der Waals surface area contributed by atoms with Gasteiger partial charge < -0.3 is 50.2 Å². The van der Waals surface area contributed by atoms with E-state index in [0.717, 1.165) is 32.2 Å². The molecule has 2 saturated heterocycles. The van der Waals surface area contributed by atoms with Crippen LogP contribution in [0.4, 0.5) is 0 Å². The number of quaternary nitrogens is 1. The van der Waals surface area contributed by atoms with Crippen LogP contribution in [0.15, 0.2) is 0 Å². The lowest BCUT2D eigenvalue weighted by molar-refractivity contribution is -0.702. The van der Waals surface area contributed by atoms with Gasteiger partial charge in [0, 0.05) is 37.7 Å². The molecule has 2 heterocycles. The minimum atomic E-state index is -2.61. The highest BCUT2D eigenvalue weighted by molar-refractivity contribution is 6.00. The summed E-state index contributed by atoms with van der Waals surface area (Å²) in [5.41, 5.74) is 5.99. The Kier molecular flexibility index (Phi) is 9.54. The average Bonchev–Trinajstić information content (AvgIpc) is 2.96. The Morgan fingerprint density at radius 2 is 1.66 bits per heavy atom. The maximum absolute atomic E-state index is 14.0. The number of carbonyl (C=O) groups excluding carboxylic acids is 2. The van der Waals surface area contributed by atoms with Gasteiger partial charge in [-0.05, 0) is 44.4 Å². The zero-order valence-corrected chi connectivity index (χ0v) is 23.5. The van der Waals surface area contributed by atoms with E-state index in [2.05, 4.69) is 5.32 Å². The van der Waals surface area contributed by atoms with Crippen LogP contribution in [-0.2, 0) is 23.8 Å². The standard InChI is InChI=1S/C28H46N2O11/c1-39-14-8-16-21(18(9-14)40-27-25(36)24(35)26(37)28(38,11-31)41-27)23(34)20-15(22(16)33)6-13(7-17(20)32)3-2-12-4-5-19(29)30-10-12/h12-21,24-27,30-32,35-38H,2-11,29H2,1H3/p+1/t12?,13?,14?,15?,16?,17?,18?,19?,20?,21?,24-,25-,26+,27+,28-/m1/s1. The van der Waals surface area contributed by atoms with E-state index >= 15 is 0 Å². The number of fused-ring (bicyclic) bond motifs is 2. The van der Waals surface area contributed by atoms with Crippen LogP contribution in [0.3, 0.4) is 0 Å². The lowest BCUT2D eigenvalue weighted by atomic mass is 9.55. The molecule has 3 saturated carbocycles. The molecule has 234 valence electrons. The monoisotopic (exact) mass is 587 g/mol. The number of piperidine rings is 1. The van der Waals surface area contributed by atoms with Crippen LogP contribution in [0.25, 0.3) is 0 Å². The number of aliphatic hydroxyl groups excluding tert-OH is 5. The van der Waals surface area contributed by atoms with Crippen molar-refractivity contribution in [3.8, 4) is 0 Å². The van der Waals surface area contributed by atoms with Crippen LogP contribution in [0.5, 0.6) is 0 Å². The molecule has 10 unspecified atom stereocenters. The second-order valence-electron chi connectivity index (χ2n) is 13.0. The Bertz CT molecular complexity index is 948. The lowest BCUT2D eigenvalue weighted by Gasteiger charge is -2.51. The van der Waals surface area contributed by atoms with Crippen molar-refractivity contribution in [3.05, 3.63) is 0 Å². The van der Waals surface area contributed by atoms with Crippen molar-refractivity contribution in [2.24, 2.45) is 41.2 Å². The van der Waals surface area contributed by atoms with Crippen LogP contribution < -0.4 is 11.1 Å². The van der Waals surface area contributed by atoms with E-state index in [0.29, 0.717) is 25.2 Å². The van der Waals surface area contributed by atoms with Crippen LogP contribution in [0, 0.1) is 35.5 Å². The van der Waals surface area contributed by atoms with Gasteiger partial charge in [0.2, 0.25) is 5.79 Å². The molecule has 15 atom stereocenters. The molecule has 2 aliphatic heterocycles. The molecule has 13 heteroatoms. The molecule has 5 aliphatic rings. The van der Waals surface area contributed by atoms with Gasteiger partial charge in [0.15, 0.2) is 6.29 Å². The van der Waals surface area contributed by atoms with E-state index in [1.165, 1.54) is 7.11 Å². The van der Waals surface area contributed by atoms with Crippen LogP contribution in [0.1, 0.15) is 51.4 Å². The first-order chi connectivity index (χ1) is 19.5. The quantitative estimate of drug-likeness (QED) is 0.147. The number of aliphatic hydroxyl groups is 6. The predicted molar refractivity (Wildman–Crippen MR) is 139 cm³/mol. The zero-order chi connectivity index (χ0) is 29.6. The average molecular weight is 588 g/mol. The van der Waals surface area contributed by atoms with Crippen molar-refractivity contribution >= 4 is 11.6 Å². The van der Waals surface area contributed by atoms with Crippen molar-refractivity contribution in [1.82, 2.24) is 0 Å². The van der Waals surface area contributed by atoms with E-state index in [-0.39, 0.29) is 30.1 Å². The largest absolute Gasteiger partial charge is 0.392 e. The first-order valence-corrected chi connectivity index (χ1v) is 15.0. The number of rotatable bonds is 7. The molecular formula is C28H47N2O11+. The minimum Gasteiger partial charge on any atom is -0.392 e. The normalized spacial score (nSPS) is 50.7. The van der Waals surface area contributed by atoms with Gasteiger partial charge in [-0.15, -0.1) is 0 Å². The van der Waals surface area contributed by atoms with E-state index in [1.54, 1.807) is 0 Å². The highest BCUT2D eigenvalue weighted by Gasteiger charge is 2.60. The highest BCUT2D eigenvalue weighted by atomic mass is 16.8. The van der Waals surface area contributed by atoms with Gasteiger partial charge in [0.05, 0.1) is 43.3 Å². The lowest BCUT2D eigenvalue weighted by Crippen LogP contribution is -2.95. The number of nitrogens with two attached hydrogens (primary N) is 2. The van der Waals surface area contributed by atoms with Crippen molar-refractivity contribution in [2.45, 2.75) is 106 Å². The van der Waals surface area contributed by atoms with Gasteiger partial charge in [0.25, 0.3) is 0 Å². The van der Waals surface area contributed by atoms with E-state index in [4.69, 9.17) is 19.9 Å². The summed E-state index contributed by atoms with van der Waals surface area (Å²) in [6.07, 6.45) is -4.28. The molecular weight excluding hydrogens is 540 g/mol. The first kappa shape index (κ1) is 31.3. The molecule has 10 N–H and O–H groups in total. The summed E-state index contributed by atoms with van der Waals surface area (Å²) in [6, 6.07) is 0. The molecule has 41 heavy (non-hydrogen) atoms. The van der Waals surface area contributed by atoms with Gasteiger partial charge in [-0.25, -0.2) is 0 Å². The Labute approximate surface area is 239 Å². The SMILES string of the molecule is COC1CC(O[C@H]2O[C@](O)(CO)[C@@H](O)[C@H](O)[C@H]2O)C2C(=O)C3C(O)CC(CCC4CCC(N)[NH2+]C4)CC3C(=O)C2C1. The third-order valence-corrected chi connectivity index (χ3v) is 10.5. The van der Waals surface area contributed by atoms with Crippen molar-refractivity contribution < 1.29 is 59.8 Å². The summed E-state index contributed by atoms with van der Waals surface area (Å²) in [5, 5.41) is 64.3. The van der Waals surface area contributed by atoms with Gasteiger partial charge in [-0.3, -0.25) is 15.3 Å². The molecule has 3 aliphatic carbocycles. The Balaban J connectivity index is 1.31. The summed E-state index contributed by atoms with van der Waals surface area (Å²) in [7, 11) is 1.49. The summed E-state index contributed by atoms with van der Waals surface area (Å²) in [4.78, 5) is 28.0. The minimum absolute atomic E-state index is 0.0943. The van der Waals surface area contributed by atoms with E-state index < -0.39 is 79.0 Å². The topological polar surface area (TPSA) is 226 Å². The summed E-state index contributed by atoms with van der Waals surface area (Å²) in [5.74, 6) is -5.39. The second-order valence-corrected chi connectivity index (χ2v) is 13.0. The molecule has 5 rings (SSSR count). The van der Waals surface area contributed by atoms with E-state index in [9.17, 15) is 40.2 Å². The molecule has 0 radical (unpaired) electrons. The zero-order valence-electron chi connectivity index (χ0n) is 23.5. The number of hydrogen-bond donors (Lipinski definition) is 8. The van der Waals surface area contributed by atoms with Gasteiger partial charge in [-0.1, -0.05) is 0 Å². The number of ether oxygens (including phenoxy) is 3. The predicted octanol–water partition coefficient (Wildman–Crippen LogP) is -3.27. The summed E-state index contributed by atoms with van der Waals surface area (Å²) in [6.45, 7) is -0.106. The van der Waals surface area contributed by atoms with Crippen molar-refractivity contribution in [2.75, 3.05) is 20.3 Å². The number of Topliss-reactive ketones (excluding diaryl/α,β-unsaturated/α-hetero) is 2. The maximum atomic E-state index is 14.0. The molecule has 0 aromatic heterocycles. The fraction of sp³-hybridized carbons (Fsp3) is 0.929. The first-order valence-electron chi connectivity index (χ1n) is 15.0. The van der Waals surface area contributed by atoms with Crippen molar-refractivity contribution in [1.29, 1.82) is 0 Å². The van der Waals surface area contributed by atoms with Gasteiger partial charge in [0.1, 0.15) is 36.0 Å². The molecule has 13 nitrogen and oxygen atoms in total.